The van der Waals surface area contributed by atoms with Crippen LogP contribution in [0.1, 0.15) is 22.5 Å². The summed E-state index contributed by atoms with van der Waals surface area (Å²) in [6.07, 6.45) is 3.03. The van der Waals surface area contributed by atoms with Crippen molar-refractivity contribution in [2.24, 2.45) is 0 Å². The number of fused-ring (bicyclic) bond motifs is 1. The molecular weight excluding hydrogens is 376 g/mol. The molecule has 9 heteroatoms. The lowest BCUT2D eigenvalue weighted by Crippen LogP contribution is -2.33. The van der Waals surface area contributed by atoms with Gasteiger partial charge < -0.3 is 18.8 Å². The maximum absolute atomic E-state index is 12.9. The molecule has 3 aromatic rings. The highest BCUT2D eigenvalue weighted by atomic mass is 16.5. The predicted octanol–water partition coefficient (Wildman–Crippen LogP) is 1.76. The highest BCUT2D eigenvalue weighted by Crippen LogP contribution is 2.25. The van der Waals surface area contributed by atoms with Crippen LogP contribution < -0.4 is 15.1 Å². The summed E-state index contributed by atoms with van der Waals surface area (Å²) in [7, 11) is 1.48. The Morgan fingerprint density at radius 3 is 2.97 bits per heavy atom. The molecule has 9 nitrogen and oxygen atoms in total. The second-order valence-corrected chi connectivity index (χ2v) is 6.43. The summed E-state index contributed by atoms with van der Waals surface area (Å²) in [5, 5.41) is 9.68. The molecule has 0 bridgehead atoms. The maximum atomic E-state index is 12.9. The van der Waals surface area contributed by atoms with Crippen LogP contribution in [0, 0.1) is 11.3 Å². The van der Waals surface area contributed by atoms with E-state index in [9.17, 15) is 9.59 Å². The Bertz CT molecular complexity index is 1180. The zero-order valence-electron chi connectivity index (χ0n) is 15.5. The molecule has 1 aliphatic heterocycles. The normalized spacial score (nSPS) is 15.9. The van der Waals surface area contributed by atoms with Gasteiger partial charge in [0.05, 0.1) is 13.7 Å². The maximum Gasteiger partial charge on any atom is 0.349 e. The Balaban J connectivity index is 1.54. The van der Waals surface area contributed by atoms with Crippen molar-refractivity contribution in [1.82, 2.24) is 14.9 Å². The number of amides is 1. The molecule has 1 saturated heterocycles. The van der Waals surface area contributed by atoms with Gasteiger partial charge in [0.2, 0.25) is 5.69 Å². The molecule has 2 aromatic heterocycles. The molecule has 0 N–H and O–H groups in total. The molecule has 4 rings (SSSR count). The van der Waals surface area contributed by atoms with Crippen molar-refractivity contribution >= 4 is 16.9 Å². The number of aromatic nitrogens is 2. The first kappa shape index (κ1) is 18.4. The van der Waals surface area contributed by atoms with Crippen LogP contribution in [0.2, 0.25) is 0 Å². The molecule has 1 fully saturated rings. The molecule has 1 aromatic carbocycles. The number of methoxy groups -OCH3 is 1. The monoisotopic (exact) mass is 392 g/mol. The van der Waals surface area contributed by atoms with Gasteiger partial charge in [0.25, 0.3) is 11.8 Å². The van der Waals surface area contributed by atoms with Gasteiger partial charge in [0.15, 0.2) is 11.3 Å². The van der Waals surface area contributed by atoms with Gasteiger partial charge in [-0.15, -0.1) is 0 Å². The number of para-hydroxylation sites is 1. The number of hydrogen-bond acceptors (Lipinski definition) is 8. The fourth-order valence-electron chi connectivity index (χ4n) is 3.25. The zero-order valence-corrected chi connectivity index (χ0v) is 15.5. The molecule has 0 saturated carbocycles. The molecule has 0 spiro atoms. The second kappa shape index (κ2) is 7.59. The molecule has 1 atom stereocenters. The van der Waals surface area contributed by atoms with Crippen molar-refractivity contribution in [3.05, 3.63) is 58.3 Å². The number of ether oxygens (including phenoxy) is 2. The van der Waals surface area contributed by atoms with Crippen molar-refractivity contribution in [2.45, 2.75) is 12.5 Å². The quantitative estimate of drug-likeness (QED) is 0.616. The van der Waals surface area contributed by atoms with Gasteiger partial charge >= 0.3 is 5.63 Å². The van der Waals surface area contributed by atoms with E-state index in [1.807, 2.05) is 6.07 Å². The first-order valence-corrected chi connectivity index (χ1v) is 8.88. The first-order chi connectivity index (χ1) is 14.1. The lowest BCUT2D eigenvalue weighted by Gasteiger charge is -2.17. The molecule has 1 amide bonds. The van der Waals surface area contributed by atoms with Gasteiger partial charge in [-0.25, -0.2) is 14.8 Å². The molecule has 0 aliphatic carbocycles. The van der Waals surface area contributed by atoms with E-state index in [1.54, 1.807) is 18.2 Å². The summed E-state index contributed by atoms with van der Waals surface area (Å²) in [4.78, 5) is 34.7. The van der Waals surface area contributed by atoms with Crippen molar-refractivity contribution in [1.29, 1.82) is 5.26 Å². The first-order valence-electron chi connectivity index (χ1n) is 8.88. The summed E-state index contributed by atoms with van der Waals surface area (Å²) < 4.78 is 16.3. The SMILES string of the molecule is COc1cccc2cc(C(=O)N3CCC(Oc4nccnc4C#N)C3)c(=O)oc12. The van der Waals surface area contributed by atoms with Crippen LogP contribution in [-0.4, -0.2) is 47.1 Å². The van der Waals surface area contributed by atoms with Crippen molar-refractivity contribution in [2.75, 3.05) is 20.2 Å². The summed E-state index contributed by atoms with van der Waals surface area (Å²) >= 11 is 0. The molecule has 146 valence electrons. The minimum atomic E-state index is -0.725. The minimum Gasteiger partial charge on any atom is -0.493 e. The van der Waals surface area contributed by atoms with Gasteiger partial charge in [-0.3, -0.25) is 4.79 Å². The average Bonchev–Trinajstić information content (AvgIpc) is 3.21. The van der Waals surface area contributed by atoms with E-state index < -0.39 is 11.5 Å². The van der Waals surface area contributed by atoms with Gasteiger partial charge in [-0.05, 0) is 12.1 Å². The predicted molar refractivity (Wildman–Crippen MR) is 101 cm³/mol. The van der Waals surface area contributed by atoms with Crippen LogP contribution in [0.15, 0.2) is 45.9 Å². The van der Waals surface area contributed by atoms with E-state index in [0.717, 1.165) is 0 Å². The number of carbonyl (C=O) groups excluding carboxylic acids is 1. The Morgan fingerprint density at radius 2 is 2.17 bits per heavy atom. The van der Waals surface area contributed by atoms with E-state index in [-0.39, 0.29) is 29.8 Å². The Labute approximate surface area is 165 Å². The van der Waals surface area contributed by atoms with Crippen LogP contribution in [0.3, 0.4) is 0 Å². The summed E-state index contributed by atoms with van der Waals surface area (Å²) in [6, 6.07) is 8.60. The fraction of sp³-hybridized carbons (Fsp3) is 0.250. The summed E-state index contributed by atoms with van der Waals surface area (Å²) in [5.74, 6) is 0.117. The number of hydrogen-bond donors (Lipinski definition) is 0. The summed E-state index contributed by atoms with van der Waals surface area (Å²) in [6.45, 7) is 0.664. The lowest BCUT2D eigenvalue weighted by atomic mass is 10.1. The Morgan fingerprint density at radius 1 is 1.34 bits per heavy atom. The van der Waals surface area contributed by atoms with Gasteiger partial charge in [0, 0.05) is 30.7 Å². The molecule has 0 radical (unpaired) electrons. The molecule has 1 unspecified atom stereocenters. The fourth-order valence-corrected chi connectivity index (χ4v) is 3.25. The lowest BCUT2D eigenvalue weighted by molar-refractivity contribution is 0.0767. The highest BCUT2D eigenvalue weighted by molar-refractivity contribution is 5.97. The number of nitriles is 1. The topological polar surface area (TPSA) is 119 Å². The molecule has 3 heterocycles. The minimum absolute atomic E-state index is 0.0522. The van der Waals surface area contributed by atoms with Crippen molar-refractivity contribution in [3.8, 4) is 17.7 Å². The number of nitrogens with zero attached hydrogens (tertiary/aromatic N) is 4. The van der Waals surface area contributed by atoms with Crippen molar-refractivity contribution in [3.63, 3.8) is 0 Å². The third-order valence-corrected chi connectivity index (χ3v) is 4.66. The van der Waals surface area contributed by atoms with Crippen molar-refractivity contribution < 1.29 is 18.7 Å². The Kier molecular flexibility index (Phi) is 4.83. The van der Waals surface area contributed by atoms with E-state index in [4.69, 9.17) is 19.2 Å². The number of benzene rings is 1. The van der Waals surface area contributed by atoms with E-state index >= 15 is 0 Å². The van der Waals surface area contributed by atoms with Gasteiger partial charge in [-0.1, -0.05) is 12.1 Å². The highest BCUT2D eigenvalue weighted by Gasteiger charge is 2.31. The number of likely N-dealkylation sites (tertiary alicyclic amines) is 1. The third-order valence-electron chi connectivity index (χ3n) is 4.66. The van der Waals surface area contributed by atoms with Crippen LogP contribution in [0.5, 0.6) is 11.6 Å². The van der Waals surface area contributed by atoms with Gasteiger partial charge in [0.1, 0.15) is 17.7 Å². The van der Waals surface area contributed by atoms with E-state index in [0.29, 0.717) is 29.7 Å². The molecule has 29 heavy (non-hydrogen) atoms. The number of carbonyl (C=O) groups is 1. The van der Waals surface area contributed by atoms with Crippen LogP contribution >= 0.6 is 0 Å². The average molecular weight is 392 g/mol. The van der Waals surface area contributed by atoms with E-state index in [1.165, 1.54) is 30.5 Å². The largest absolute Gasteiger partial charge is 0.493 e. The summed E-state index contributed by atoms with van der Waals surface area (Å²) in [5.41, 5.74) is -0.395. The molecular formula is C20H16N4O5. The third kappa shape index (κ3) is 3.48. The Hall–Kier alpha value is -3.93. The van der Waals surface area contributed by atoms with Crippen LogP contribution in [-0.2, 0) is 0 Å². The molecule has 1 aliphatic rings. The van der Waals surface area contributed by atoms with Crippen LogP contribution in [0.25, 0.3) is 11.0 Å². The smallest absolute Gasteiger partial charge is 0.349 e. The van der Waals surface area contributed by atoms with Gasteiger partial charge in [-0.2, -0.15) is 5.26 Å². The zero-order chi connectivity index (χ0) is 20.4. The van der Waals surface area contributed by atoms with Crippen LogP contribution in [0.4, 0.5) is 0 Å². The van der Waals surface area contributed by atoms with E-state index in [2.05, 4.69) is 9.97 Å². The second-order valence-electron chi connectivity index (χ2n) is 6.43. The number of rotatable bonds is 4. The standard InChI is InChI=1S/C20H16N4O5/c1-27-16-4-2-3-12-9-14(20(26)29-17(12)16)19(25)24-8-5-13(11-24)28-18-15(10-21)22-6-7-23-18/h2-4,6-7,9,13H,5,8,11H2,1H3.